The maximum atomic E-state index is 13.5. The van der Waals surface area contributed by atoms with Gasteiger partial charge < -0.3 is 10.6 Å². The average molecular weight is 523 g/mol. The molecule has 194 valence electrons. The van der Waals surface area contributed by atoms with Gasteiger partial charge in [-0.3, -0.25) is 9.59 Å². The Morgan fingerprint density at radius 3 is 2.47 bits per heavy atom. The first-order valence-electron chi connectivity index (χ1n) is 11.1. The molecule has 0 aliphatic rings. The molecule has 2 N–H and O–H groups in total. The van der Waals surface area contributed by atoms with Gasteiger partial charge in [-0.05, 0) is 59.7 Å². The van der Waals surface area contributed by atoms with E-state index in [1.807, 2.05) is 6.07 Å². The highest BCUT2D eigenvalue weighted by atomic mass is 19.4. The summed E-state index contributed by atoms with van der Waals surface area (Å²) in [4.78, 5) is 26.0. The first-order valence-corrected chi connectivity index (χ1v) is 11.1. The Morgan fingerprint density at radius 1 is 1.08 bits per heavy atom. The van der Waals surface area contributed by atoms with Crippen molar-refractivity contribution in [3.8, 4) is 11.8 Å². The number of carbonyl (C=O) groups is 2. The number of aryl methyl sites for hydroxylation is 2. The number of nitriles is 1. The number of anilines is 1. The van der Waals surface area contributed by atoms with Crippen LogP contribution in [0.25, 0.3) is 5.69 Å². The number of rotatable bonds is 6. The molecule has 0 fully saturated rings. The van der Waals surface area contributed by atoms with E-state index in [0.717, 1.165) is 5.56 Å². The summed E-state index contributed by atoms with van der Waals surface area (Å²) in [6, 6.07) is 13.2. The molecule has 2 amide bonds. The van der Waals surface area contributed by atoms with E-state index in [0.29, 0.717) is 15.9 Å². The number of tetrazole rings is 1. The van der Waals surface area contributed by atoms with Gasteiger partial charge in [-0.15, -0.1) is 5.10 Å². The lowest BCUT2D eigenvalue weighted by atomic mass is 10.0. The number of alkyl halides is 3. The Balaban J connectivity index is 1.79. The monoisotopic (exact) mass is 523 g/mol. The minimum Gasteiger partial charge on any atom is -0.355 e. The van der Waals surface area contributed by atoms with Crippen LogP contribution in [-0.4, -0.2) is 48.8 Å². The normalized spacial score (nSPS) is 11.2. The second-order valence-corrected chi connectivity index (χ2v) is 8.24. The van der Waals surface area contributed by atoms with E-state index in [-0.39, 0.29) is 28.2 Å². The quantitative estimate of drug-likeness (QED) is 0.395. The number of carbonyl (C=O) groups excluding carboxylic acids is 2. The van der Waals surface area contributed by atoms with Crippen LogP contribution in [0.4, 0.5) is 18.9 Å². The van der Waals surface area contributed by atoms with E-state index >= 15 is 0 Å². The number of hydrogen-bond acceptors (Lipinski definition) is 7. The number of halogens is 3. The fourth-order valence-electron chi connectivity index (χ4n) is 3.83. The molecule has 4 rings (SSSR count). The van der Waals surface area contributed by atoms with Gasteiger partial charge >= 0.3 is 6.18 Å². The predicted octanol–water partition coefficient (Wildman–Crippen LogP) is 3.03. The van der Waals surface area contributed by atoms with E-state index < -0.39 is 30.4 Å². The Hall–Kier alpha value is -5.06. The molecule has 2 aromatic carbocycles. The Labute approximate surface area is 213 Å². The lowest BCUT2D eigenvalue weighted by Gasteiger charge is -2.15. The van der Waals surface area contributed by atoms with Crippen LogP contribution in [0.3, 0.4) is 0 Å². The largest absolute Gasteiger partial charge is 0.453 e. The molecule has 0 radical (unpaired) electrons. The van der Waals surface area contributed by atoms with Crippen LogP contribution in [0.5, 0.6) is 0 Å². The smallest absolute Gasteiger partial charge is 0.355 e. The highest BCUT2D eigenvalue weighted by molar-refractivity contribution is 6.09. The van der Waals surface area contributed by atoms with Gasteiger partial charge in [-0.2, -0.15) is 23.5 Å². The first kappa shape index (κ1) is 26.0. The highest BCUT2D eigenvalue weighted by Crippen LogP contribution is 2.28. The van der Waals surface area contributed by atoms with Crippen LogP contribution < -0.4 is 10.6 Å². The molecule has 38 heavy (non-hydrogen) atoms. The number of amides is 2. The molecule has 0 saturated heterocycles. The van der Waals surface area contributed by atoms with E-state index in [2.05, 4.69) is 31.3 Å². The molecule has 0 aliphatic heterocycles. The van der Waals surface area contributed by atoms with Crippen LogP contribution in [0.2, 0.25) is 0 Å². The third-order valence-electron chi connectivity index (χ3n) is 5.61. The van der Waals surface area contributed by atoms with Crippen molar-refractivity contribution in [1.82, 2.24) is 35.3 Å². The molecule has 11 nitrogen and oxygen atoms in total. The third-order valence-corrected chi connectivity index (χ3v) is 5.61. The Kier molecular flexibility index (Phi) is 6.94. The van der Waals surface area contributed by atoms with E-state index in [9.17, 15) is 28.0 Å². The van der Waals surface area contributed by atoms with Gasteiger partial charge in [-0.25, -0.2) is 9.36 Å². The van der Waals surface area contributed by atoms with Crippen molar-refractivity contribution in [2.75, 3.05) is 12.4 Å². The zero-order valence-corrected chi connectivity index (χ0v) is 20.3. The van der Waals surface area contributed by atoms with Crippen molar-refractivity contribution in [1.29, 1.82) is 5.26 Å². The summed E-state index contributed by atoms with van der Waals surface area (Å²) in [5.74, 6) is -2.51. The molecular formula is C24H20F3N9O2. The highest BCUT2D eigenvalue weighted by Gasteiger charge is 2.38. The van der Waals surface area contributed by atoms with Gasteiger partial charge in [0.2, 0.25) is 0 Å². The van der Waals surface area contributed by atoms with Crippen LogP contribution in [-0.2, 0) is 12.7 Å². The number of nitrogens with one attached hydrogen (secondary N) is 2. The predicted molar refractivity (Wildman–Crippen MR) is 127 cm³/mol. The lowest BCUT2D eigenvalue weighted by Crippen LogP contribution is -2.23. The third kappa shape index (κ3) is 5.07. The molecule has 0 spiro atoms. The zero-order chi connectivity index (χ0) is 27.6. The molecule has 0 atom stereocenters. The Bertz CT molecular complexity index is 1580. The summed E-state index contributed by atoms with van der Waals surface area (Å²) >= 11 is 0. The Morgan fingerprint density at radius 2 is 1.82 bits per heavy atom. The van der Waals surface area contributed by atoms with Crippen molar-refractivity contribution in [2.24, 2.45) is 0 Å². The number of benzene rings is 2. The summed E-state index contributed by atoms with van der Waals surface area (Å²) < 4.78 is 41.7. The van der Waals surface area contributed by atoms with Gasteiger partial charge in [0, 0.05) is 7.05 Å². The van der Waals surface area contributed by atoms with Crippen LogP contribution in [0, 0.1) is 25.2 Å². The second-order valence-electron chi connectivity index (χ2n) is 8.24. The van der Waals surface area contributed by atoms with Gasteiger partial charge in [0.1, 0.15) is 5.69 Å². The van der Waals surface area contributed by atoms with Gasteiger partial charge in [0.05, 0.1) is 40.8 Å². The van der Waals surface area contributed by atoms with Crippen molar-refractivity contribution >= 4 is 17.5 Å². The van der Waals surface area contributed by atoms with Gasteiger partial charge in [-0.1, -0.05) is 18.2 Å². The number of para-hydroxylation sites is 1. The molecular weight excluding hydrogens is 503 g/mol. The summed E-state index contributed by atoms with van der Waals surface area (Å²) in [7, 11) is 1.41. The van der Waals surface area contributed by atoms with Crippen LogP contribution >= 0.6 is 0 Å². The maximum Gasteiger partial charge on any atom is 0.453 e. The van der Waals surface area contributed by atoms with Crippen molar-refractivity contribution in [3.63, 3.8) is 0 Å². The molecule has 2 aromatic heterocycles. The standard InChI is InChI=1S/C24H20F3N9O2/c1-13-6-4-5-7-18(13)36-19(10-16(32-36)12-35-23(24(25,26)27)31-33-34-35)22(38)30-20-14(2)8-15(11-28)9-17(20)21(37)29-3/h4-10H,12H2,1-3H3,(H,29,37)(H,30,38). The molecule has 0 bridgehead atoms. The summed E-state index contributed by atoms with van der Waals surface area (Å²) in [6.45, 7) is 2.96. The lowest BCUT2D eigenvalue weighted by molar-refractivity contribution is -0.147. The molecule has 4 aromatic rings. The minimum atomic E-state index is -4.79. The van der Waals surface area contributed by atoms with Crippen LogP contribution in [0.1, 0.15) is 49.1 Å². The molecule has 0 saturated carbocycles. The minimum absolute atomic E-state index is 0.0115. The summed E-state index contributed by atoms with van der Waals surface area (Å²) in [5, 5.41) is 28.4. The number of hydrogen-bond donors (Lipinski definition) is 2. The van der Waals surface area contributed by atoms with E-state index in [1.54, 1.807) is 38.1 Å². The van der Waals surface area contributed by atoms with E-state index in [4.69, 9.17) is 0 Å². The van der Waals surface area contributed by atoms with Crippen molar-refractivity contribution < 1.29 is 22.8 Å². The molecule has 2 heterocycles. The average Bonchev–Trinajstić information content (AvgIpc) is 3.52. The summed E-state index contributed by atoms with van der Waals surface area (Å²) in [5.41, 5.74) is 2.27. The SMILES string of the molecule is CNC(=O)c1cc(C#N)cc(C)c1NC(=O)c1cc(Cn2nnnc2C(F)(F)F)nn1-c1ccccc1C. The summed E-state index contributed by atoms with van der Waals surface area (Å²) in [6.07, 6.45) is -4.79. The van der Waals surface area contributed by atoms with Crippen molar-refractivity contribution in [2.45, 2.75) is 26.6 Å². The maximum absolute atomic E-state index is 13.5. The second kappa shape index (κ2) is 10.1. The first-order chi connectivity index (χ1) is 18.0. The number of nitrogens with zero attached hydrogens (tertiary/aromatic N) is 7. The number of aromatic nitrogens is 6. The van der Waals surface area contributed by atoms with Crippen LogP contribution in [0.15, 0.2) is 42.5 Å². The van der Waals surface area contributed by atoms with E-state index in [1.165, 1.54) is 29.9 Å². The molecule has 0 unspecified atom stereocenters. The van der Waals surface area contributed by atoms with Gasteiger partial charge in [0.15, 0.2) is 0 Å². The zero-order valence-electron chi connectivity index (χ0n) is 20.3. The fraction of sp³-hybridized carbons (Fsp3) is 0.208. The van der Waals surface area contributed by atoms with Crippen molar-refractivity contribution in [3.05, 3.63) is 81.9 Å². The topological polar surface area (TPSA) is 143 Å². The fourth-order valence-corrected chi connectivity index (χ4v) is 3.83. The molecule has 14 heteroatoms. The van der Waals surface area contributed by atoms with Gasteiger partial charge in [0.25, 0.3) is 17.6 Å². The molecule has 0 aliphatic carbocycles.